The summed E-state index contributed by atoms with van der Waals surface area (Å²) in [5, 5.41) is 9.70. The maximum atomic E-state index is 12.3. The molecular formula is C16H21NO4. The standard InChI is InChI=1S/C16H21NO4/c1-2-21-16(20)11-17(13-8-9-13)15(19)10-7-12-5-3-4-6-14(12)18/h3-6,13,18H,2,7-11H2,1H3. The third-order valence-corrected chi connectivity index (χ3v) is 3.51. The van der Waals surface area contributed by atoms with Crippen molar-refractivity contribution in [3.63, 3.8) is 0 Å². The molecule has 1 aliphatic carbocycles. The van der Waals surface area contributed by atoms with Gasteiger partial charge in [0.2, 0.25) is 5.91 Å². The van der Waals surface area contributed by atoms with E-state index >= 15 is 0 Å². The number of phenolic OH excluding ortho intramolecular Hbond substituents is 1. The van der Waals surface area contributed by atoms with E-state index in [1.54, 1.807) is 30.0 Å². The Balaban J connectivity index is 1.90. The summed E-state index contributed by atoms with van der Waals surface area (Å²) in [7, 11) is 0. The molecule has 5 heteroatoms. The van der Waals surface area contributed by atoms with Gasteiger partial charge in [-0.3, -0.25) is 9.59 Å². The molecule has 0 bridgehead atoms. The topological polar surface area (TPSA) is 66.8 Å². The third kappa shape index (κ3) is 4.48. The number of aromatic hydroxyl groups is 1. The second-order valence-electron chi connectivity index (χ2n) is 5.19. The highest BCUT2D eigenvalue weighted by atomic mass is 16.5. The number of carbonyl (C=O) groups is 2. The first-order chi connectivity index (χ1) is 10.1. The normalized spacial score (nSPS) is 13.8. The number of benzene rings is 1. The summed E-state index contributed by atoms with van der Waals surface area (Å²) < 4.78 is 4.91. The number of nitrogens with zero attached hydrogens (tertiary/aromatic N) is 1. The Kier molecular flexibility index (Phi) is 5.20. The third-order valence-electron chi connectivity index (χ3n) is 3.51. The SMILES string of the molecule is CCOC(=O)CN(C(=O)CCc1ccccc1O)C1CC1. The molecule has 1 saturated carbocycles. The zero-order chi connectivity index (χ0) is 15.2. The lowest BCUT2D eigenvalue weighted by atomic mass is 10.1. The predicted octanol–water partition coefficient (Wildman–Crippen LogP) is 1.88. The molecule has 0 radical (unpaired) electrons. The maximum Gasteiger partial charge on any atom is 0.325 e. The van der Waals surface area contributed by atoms with Crippen LogP contribution in [0.2, 0.25) is 0 Å². The van der Waals surface area contributed by atoms with E-state index in [0.717, 1.165) is 18.4 Å². The van der Waals surface area contributed by atoms with Crippen LogP contribution in [-0.4, -0.2) is 41.1 Å². The first-order valence-electron chi connectivity index (χ1n) is 7.33. The van der Waals surface area contributed by atoms with E-state index in [1.807, 2.05) is 6.07 Å². The number of esters is 1. The predicted molar refractivity (Wildman–Crippen MR) is 77.8 cm³/mol. The average molecular weight is 291 g/mol. The minimum absolute atomic E-state index is 0.0259. The summed E-state index contributed by atoms with van der Waals surface area (Å²) in [5.41, 5.74) is 0.748. The van der Waals surface area contributed by atoms with Crippen LogP contribution in [0.5, 0.6) is 5.75 Å². The molecule has 1 amide bonds. The fourth-order valence-corrected chi connectivity index (χ4v) is 2.26. The molecular weight excluding hydrogens is 270 g/mol. The summed E-state index contributed by atoms with van der Waals surface area (Å²) in [5.74, 6) is -0.220. The number of para-hydroxylation sites is 1. The van der Waals surface area contributed by atoms with Crippen molar-refractivity contribution in [2.75, 3.05) is 13.2 Å². The molecule has 0 aliphatic heterocycles. The van der Waals surface area contributed by atoms with Crippen LogP contribution in [0.1, 0.15) is 31.7 Å². The van der Waals surface area contributed by atoms with E-state index in [-0.39, 0.29) is 36.6 Å². The van der Waals surface area contributed by atoms with Crippen LogP contribution >= 0.6 is 0 Å². The molecule has 2 rings (SSSR count). The fraction of sp³-hybridized carbons (Fsp3) is 0.500. The Bertz CT molecular complexity index is 511. The number of rotatable bonds is 7. The number of hydrogen-bond donors (Lipinski definition) is 1. The van der Waals surface area contributed by atoms with Gasteiger partial charge >= 0.3 is 5.97 Å². The number of hydrogen-bond acceptors (Lipinski definition) is 4. The van der Waals surface area contributed by atoms with Crippen LogP contribution in [0.15, 0.2) is 24.3 Å². The van der Waals surface area contributed by atoms with Crippen molar-refractivity contribution in [3.05, 3.63) is 29.8 Å². The summed E-state index contributed by atoms with van der Waals surface area (Å²) >= 11 is 0. The number of ether oxygens (including phenoxy) is 1. The van der Waals surface area contributed by atoms with Crippen molar-refractivity contribution < 1.29 is 19.4 Å². The Morgan fingerprint density at radius 1 is 1.33 bits per heavy atom. The van der Waals surface area contributed by atoms with E-state index in [4.69, 9.17) is 4.74 Å². The summed E-state index contributed by atoms with van der Waals surface area (Å²) in [6.45, 7) is 2.10. The molecule has 1 aromatic carbocycles. The Labute approximate surface area is 124 Å². The number of amides is 1. The molecule has 1 fully saturated rings. The second-order valence-corrected chi connectivity index (χ2v) is 5.19. The molecule has 21 heavy (non-hydrogen) atoms. The lowest BCUT2D eigenvalue weighted by Crippen LogP contribution is -2.38. The highest BCUT2D eigenvalue weighted by molar-refractivity contribution is 5.82. The van der Waals surface area contributed by atoms with Gasteiger partial charge in [-0.2, -0.15) is 0 Å². The molecule has 0 unspecified atom stereocenters. The van der Waals surface area contributed by atoms with Crippen LogP contribution in [0.25, 0.3) is 0 Å². The molecule has 114 valence electrons. The van der Waals surface area contributed by atoms with Crippen molar-refractivity contribution in [1.82, 2.24) is 4.90 Å². The fourth-order valence-electron chi connectivity index (χ4n) is 2.26. The Morgan fingerprint density at radius 3 is 2.67 bits per heavy atom. The van der Waals surface area contributed by atoms with Gasteiger partial charge in [0, 0.05) is 12.5 Å². The summed E-state index contributed by atoms with van der Waals surface area (Å²) in [4.78, 5) is 25.5. The largest absolute Gasteiger partial charge is 0.508 e. The second kappa shape index (κ2) is 7.11. The first kappa shape index (κ1) is 15.4. The van der Waals surface area contributed by atoms with E-state index < -0.39 is 0 Å². The van der Waals surface area contributed by atoms with E-state index in [1.165, 1.54) is 0 Å². The van der Waals surface area contributed by atoms with Crippen molar-refractivity contribution in [3.8, 4) is 5.75 Å². The lowest BCUT2D eigenvalue weighted by Gasteiger charge is -2.21. The minimum atomic E-state index is -0.361. The van der Waals surface area contributed by atoms with Gasteiger partial charge in [-0.15, -0.1) is 0 Å². The molecule has 0 heterocycles. The van der Waals surface area contributed by atoms with Gasteiger partial charge in [0.05, 0.1) is 6.61 Å². The highest BCUT2D eigenvalue weighted by Crippen LogP contribution is 2.28. The zero-order valence-electron chi connectivity index (χ0n) is 12.2. The number of carbonyl (C=O) groups excluding carboxylic acids is 2. The monoisotopic (exact) mass is 291 g/mol. The quantitative estimate of drug-likeness (QED) is 0.779. The molecule has 1 N–H and O–H groups in total. The summed E-state index contributed by atoms with van der Waals surface area (Å²) in [6, 6.07) is 7.16. The van der Waals surface area contributed by atoms with Gasteiger partial charge in [0.15, 0.2) is 0 Å². The van der Waals surface area contributed by atoms with Crippen LogP contribution in [0.3, 0.4) is 0 Å². The molecule has 0 atom stereocenters. The van der Waals surface area contributed by atoms with Crippen LogP contribution in [-0.2, 0) is 20.7 Å². The minimum Gasteiger partial charge on any atom is -0.508 e. The Morgan fingerprint density at radius 2 is 2.05 bits per heavy atom. The highest BCUT2D eigenvalue weighted by Gasteiger charge is 2.33. The van der Waals surface area contributed by atoms with E-state index in [2.05, 4.69) is 0 Å². The van der Waals surface area contributed by atoms with Crippen LogP contribution in [0.4, 0.5) is 0 Å². The molecule has 0 saturated heterocycles. The van der Waals surface area contributed by atoms with Crippen LogP contribution < -0.4 is 0 Å². The van der Waals surface area contributed by atoms with Crippen molar-refractivity contribution in [2.24, 2.45) is 0 Å². The van der Waals surface area contributed by atoms with Gasteiger partial charge in [0.25, 0.3) is 0 Å². The van der Waals surface area contributed by atoms with Crippen molar-refractivity contribution >= 4 is 11.9 Å². The molecule has 1 aromatic rings. The number of aryl methyl sites for hydroxylation is 1. The smallest absolute Gasteiger partial charge is 0.325 e. The average Bonchev–Trinajstić information content (AvgIpc) is 3.28. The Hall–Kier alpha value is -2.04. The molecule has 1 aliphatic rings. The van der Waals surface area contributed by atoms with Gasteiger partial charge in [0.1, 0.15) is 12.3 Å². The van der Waals surface area contributed by atoms with Crippen LogP contribution in [0, 0.1) is 0 Å². The van der Waals surface area contributed by atoms with Gasteiger partial charge < -0.3 is 14.7 Å². The van der Waals surface area contributed by atoms with Gasteiger partial charge in [-0.1, -0.05) is 18.2 Å². The molecule has 0 aromatic heterocycles. The number of phenols is 1. The lowest BCUT2D eigenvalue weighted by molar-refractivity contribution is -0.149. The maximum absolute atomic E-state index is 12.3. The molecule has 0 spiro atoms. The van der Waals surface area contributed by atoms with Crippen molar-refractivity contribution in [1.29, 1.82) is 0 Å². The van der Waals surface area contributed by atoms with E-state index in [9.17, 15) is 14.7 Å². The van der Waals surface area contributed by atoms with E-state index in [0.29, 0.717) is 13.0 Å². The zero-order valence-corrected chi connectivity index (χ0v) is 12.2. The van der Waals surface area contributed by atoms with Gasteiger partial charge in [-0.25, -0.2) is 0 Å². The van der Waals surface area contributed by atoms with Crippen molar-refractivity contribution in [2.45, 2.75) is 38.6 Å². The van der Waals surface area contributed by atoms with Gasteiger partial charge in [-0.05, 0) is 37.8 Å². The first-order valence-corrected chi connectivity index (χ1v) is 7.33. The molecule has 5 nitrogen and oxygen atoms in total. The summed E-state index contributed by atoms with van der Waals surface area (Å²) in [6.07, 6.45) is 2.65.